The van der Waals surface area contributed by atoms with Crippen LogP contribution in [0.3, 0.4) is 0 Å². The summed E-state index contributed by atoms with van der Waals surface area (Å²) in [6, 6.07) is 0. The minimum atomic E-state index is 1.29. The highest BCUT2D eigenvalue weighted by Crippen LogP contribution is 2.06. The second kappa shape index (κ2) is 1.91. The summed E-state index contributed by atoms with van der Waals surface area (Å²) in [5.74, 6) is 0. The van der Waals surface area contributed by atoms with E-state index in [1.807, 2.05) is 0 Å². The van der Waals surface area contributed by atoms with Gasteiger partial charge in [-0.05, 0) is 6.42 Å². The Morgan fingerprint density at radius 3 is 2.67 bits per heavy atom. The summed E-state index contributed by atoms with van der Waals surface area (Å²) in [6.07, 6.45) is 10.5. The summed E-state index contributed by atoms with van der Waals surface area (Å²) >= 11 is 0. The third-order valence-electron chi connectivity index (χ3n) is 1.01. The first-order valence-corrected chi connectivity index (χ1v) is 2.48. The molecule has 0 aromatic heterocycles. The van der Waals surface area contributed by atoms with E-state index in [0.29, 0.717) is 0 Å². The van der Waals surface area contributed by atoms with Gasteiger partial charge in [-0.1, -0.05) is 0 Å². The van der Waals surface area contributed by atoms with E-state index in [1.165, 1.54) is 19.3 Å². The summed E-state index contributed by atoms with van der Waals surface area (Å²) in [7, 11) is 0. The van der Waals surface area contributed by atoms with Crippen LogP contribution < -0.4 is 0 Å². The van der Waals surface area contributed by atoms with E-state index in [1.54, 1.807) is 0 Å². The van der Waals surface area contributed by atoms with Crippen molar-refractivity contribution in [1.82, 2.24) is 0 Å². The van der Waals surface area contributed by atoms with Crippen molar-refractivity contribution >= 4 is 0 Å². The largest absolute Gasteiger partial charge is 0.0893 e. The van der Waals surface area contributed by atoms with Crippen molar-refractivity contribution in [1.29, 1.82) is 0 Å². The summed E-state index contributed by atoms with van der Waals surface area (Å²) in [5.41, 5.74) is 0. The van der Waals surface area contributed by atoms with Crippen LogP contribution in [0.5, 0.6) is 0 Å². The monoisotopic (exact) mass is 81.1 g/mol. The van der Waals surface area contributed by atoms with Crippen molar-refractivity contribution in [3.63, 3.8) is 0 Å². The molecule has 1 aliphatic rings. The standard InChI is InChI=1S/C6H9/c1-2-4-6-5-3-1/h1-3H,4-6H2/q+1. The second-order valence-corrected chi connectivity index (χ2v) is 1.59. The maximum absolute atomic E-state index is 2.21. The molecule has 0 nitrogen and oxygen atoms in total. The van der Waals surface area contributed by atoms with Crippen LogP contribution in [0.25, 0.3) is 0 Å². The highest BCUT2D eigenvalue weighted by molar-refractivity contribution is 4.98. The van der Waals surface area contributed by atoms with E-state index >= 15 is 0 Å². The second-order valence-electron chi connectivity index (χ2n) is 1.59. The lowest BCUT2D eigenvalue weighted by atomic mass is 10.1. The Hall–Kier alpha value is -0.390. The number of allylic oxidation sites excluding steroid dienone is 2. The van der Waals surface area contributed by atoms with Gasteiger partial charge in [0, 0.05) is 25.3 Å². The predicted molar refractivity (Wildman–Crippen MR) is 27.3 cm³/mol. The van der Waals surface area contributed by atoms with Gasteiger partial charge < -0.3 is 0 Å². The lowest BCUT2D eigenvalue weighted by Gasteiger charge is -1.88. The van der Waals surface area contributed by atoms with E-state index in [0.717, 1.165) is 0 Å². The van der Waals surface area contributed by atoms with Crippen LogP contribution in [0.2, 0.25) is 0 Å². The minimum Gasteiger partial charge on any atom is -0.0106 e. The van der Waals surface area contributed by atoms with Crippen LogP contribution in [-0.4, -0.2) is 0 Å². The molecule has 0 fully saturated rings. The molecule has 1 rings (SSSR count). The minimum absolute atomic E-state index is 1.29. The van der Waals surface area contributed by atoms with Crippen LogP contribution in [-0.2, 0) is 0 Å². The van der Waals surface area contributed by atoms with Crippen molar-refractivity contribution in [2.45, 2.75) is 19.3 Å². The maximum Gasteiger partial charge on any atom is 0.0893 e. The van der Waals surface area contributed by atoms with Gasteiger partial charge in [0.05, 0.1) is 6.08 Å². The SMILES string of the molecule is C1=CCCC[CH+]1. The number of hydrogen-bond donors (Lipinski definition) is 0. The first-order valence-electron chi connectivity index (χ1n) is 2.48. The molecule has 0 saturated carbocycles. The molecule has 0 N–H and O–H groups in total. The molecular formula is C6H9+. The zero-order chi connectivity index (χ0) is 4.24. The van der Waals surface area contributed by atoms with E-state index < -0.39 is 0 Å². The molecule has 0 atom stereocenters. The molecule has 0 bridgehead atoms. The molecule has 6 heavy (non-hydrogen) atoms. The molecule has 0 spiro atoms. The molecular weight excluding hydrogens is 72.1 g/mol. The van der Waals surface area contributed by atoms with Gasteiger partial charge in [0.25, 0.3) is 0 Å². The van der Waals surface area contributed by atoms with Gasteiger partial charge >= 0.3 is 0 Å². The van der Waals surface area contributed by atoms with Gasteiger partial charge in [-0.3, -0.25) is 0 Å². The Bertz CT molecular complexity index is 45.1. The smallest absolute Gasteiger partial charge is 0.0106 e. The van der Waals surface area contributed by atoms with Crippen molar-refractivity contribution in [2.24, 2.45) is 0 Å². The molecule has 0 heteroatoms. The molecule has 0 aromatic rings. The zero-order valence-corrected chi connectivity index (χ0v) is 3.85. The highest BCUT2D eigenvalue weighted by Gasteiger charge is 1.95. The molecule has 32 valence electrons. The Balaban J connectivity index is 2.26. The topological polar surface area (TPSA) is 0 Å². The Kier molecular flexibility index (Phi) is 1.21. The van der Waals surface area contributed by atoms with Crippen molar-refractivity contribution in [3.05, 3.63) is 18.6 Å². The number of rotatable bonds is 0. The first-order chi connectivity index (χ1) is 3.00. The maximum atomic E-state index is 2.21. The van der Waals surface area contributed by atoms with Crippen LogP contribution in [0.1, 0.15) is 19.3 Å². The average Bonchev–Trinajstić information content (AvgIpc) is 1.72. The lowest BCUT2D eigenvalue weighted by Crippen LogP contribution is -1.78. The summed E-state index contributed by atoms with van der Waals surface area (Å²) in [6.45, 7) is 0. The fourth-order valence-corrected chi connectivity index (χ4v) is 0.642. The molecule has 0 aliphatic heterocycles. The Morgan fingerprint density at radius 2 is 2.50 bits per heavy atom. The van der Waals surface area contributed by atoms with Crippen LogP contribution in [0.4, 0.5) is 0 Å². The zero-order valence-electron chi connectivity index (χ0n) is 3.85. The Morgan fingerprint density at radius 1 is 1.50 bits per heavy atom. The van der Waals surface area contributed by atoms with E-state index in [4.69, 9.17) is 0 Å². The van der Waals surface area contributed by atoms with Crippen molar-refractivity contribution in [3.8, 4) is 0 Å². The van der Waals surface area contributed by atoms with Gasteiger partial charge in [0.15, 0.2) is 0 Å². The molecule has 0 heterocycles. The summed E-state index contributed by atoms with van der Waals surface area (Å²) < 4.78 is 0. The lowest BCUT2D eigenvalue weighted by molar-refractivity contribution is 0.817. The van der Waals surface area contributed by atoms with Crippen LogP contribution >= 0.6 is 0 Å². The highest BCUT2D eigenvalue weighted by atomic mass is 13.9. The quantitative estimate of drug-likeness (QED) is 0.391. The van der Waals surface area contributed by atoms with Gasteiger partial charge in [0.2, 0.25) is 0 Å². The fraction of sp³-hybridized carbons (Fsp3) is 0.500. The number of hydrogen-bond acceptors (Lipinski definition) is 0. The third kappa shape index (κ3) is 0.781. The van der Waals surface area contributed by atoms with Crippen LogP contribution in [0.15, 0.2) is 12.2 Å². The normalized spacial score (nSPS) is 20.0. The molecule has 0 radical (unpaired) electrons. The van der Waals surface area contributed by atoms with Gasteiger partial charge in [0.1, 0.15) is 0 Å². The van der Waals surface area contributed by atoms with Crippen LogP contribution in [0, 0.1) is 6.42 Å². The molecule has 0 unspecified atom stereocenters. The third-order valence-corrected chi connectivity index (χ3v) is 1.01. The van der Waals surface area contributed by atoms with Gasteiger partial charge in [-0.15, -0.1) is 0 Å². The molecule has 0 aromatic carbocycles. The molecule has 0 amide bonds. The van der Waals surface area contributed by atoms with Gasteiger partial charge in [-0.2, -0.15) is 0 Å². The first kappa shape index (κ1) is 3.79. The fourth-order valence-electron chi connectivity index (χ4n) is 0.642. The van der Waals surface area contributed by atoms with Gasteiger partial charge in [-0.25, -0.2) is 0 Å². The average molecular weight is 81.1 g/mol. The Labute approximate surface area is 38.9 Å². The molecule has 0 saturated heterocycles. The van der Waals surface area contributed by atoms with E-state index in [9.17, 15) is 0 Å². The molecule has 1 aliphatic carbocycles. The summed E-state index contributed by atoms with van der Waals surface area (Å²) in [5, 5.41) is 0. The van der Waals surface area contributed by atoms with E-state index in [2.05, 4.69) is 18.6 Å². The van der Waals surface area contributed by atoms with Crippen molar-refractivity contribution < 1.29 is 0 Å². The predicted octanol–water partition coefficient (Wildman–Crippen LogP) is 1.93. The van der Waals surface area contributed by atoms with Crippen molar-refractivity contribution in [2.75, 3.05) is 0 Å². The summed E-state index contributed by atoms with van der Waals surface area (Å²) in [4.78, 5) is 0. The van der Waals surface area contributed by atoms with E-state index in [-0.39, 0.29) is 0 Å².